The number of benzene rings is 1. The molecule has 24 heavy (non-hydrogen) atoms. The van der Waals surface area contributed by atoms with Crippen LogP contribution >= 0.6 is 11.6 Å². The van der Waals surface area contributed by atoms with Crippen molar-refractivity contribution in [2.75, 3.05) is 13.1 Å². The third-order valence-corrected chi connectivity index (χ3v) is 6.74. The van der Waals surface area contributed by atoms with Crippen LogP contribution in [0.4, 0.5) is 0 Å². The van der Waals surface area contributed by atoms with Crippen LogP contribution < -0.4 is 5.32 Å². The SMILES string of the molecule is O=C(N[C@@H]1C[C@@H]2CC[C@@H]1C2)C1CCN(Cc2ccccc2Cl)CC1. The van der Waals surface area contributed by atoms with E-state index in [1.165, 1.54) is 31.2 Å². The molecule has 1 aromatic carbocycles. The van der Waals surface area contributed by atoms with Crippen LogP contribution in [-0.2, 0) is 11.3 Å². The van der Waals surface area contributed by atoms with E-state index in [2.05, 4.69) is 16.3 Å². The maximum atomic E-state index is 12.6. The molecular formula is C20H27ClN2O. The number of amides is 1. The third-order valence-electron chi connectivity index (χ3n) is 6.38. The van der Waals surface area contributed by atoms with Crippen LogP contribution in [0.15, 0.2) is 24.3 Å². The number of fused-ring (bicyclic) bond motifs is 2. The van der Waals surface area contributed by atoms with Gasteiger partial charge in [0.25, 0.3) is 0 Å². The monoisotopic (exact) mass is 346 g/mol. The fourth-order valence-electron chi connectivity index (χ4n) is 4.94. The Kier molecular flexibility index (Phi) is 4.82. The number of nitrogens with one attached hydrogen (secondary N) is 1. The largest absolute Gasteiger partial charge is 0.353 e. The van der Waals surface area contributed by atoms with E-state index in [0.29, 0.717) is 11.9 Å². The molecule has 1 N–H and O–H groups in total. The molecule has 3 fully saturated rings. The summed E-state index contributed by atoms with van der Waals surface area (Å²) >= 11 is 6.26. The molecule has 2 aliphatic carbocycles. The molecule has 3 atom stereocenters. The zero-order valence-corrected chi connectivity index (χ0v) is 15.0. The predicted octanol–water partition coefficient (Wildman–Crippen LogP) is 3.86. The zero-order valence-electron chi connectivity index (χ0n) is 14.2. The Labute approximate surface area is 149 Å². The van der Waals surface area contributed by atoms with Gasteiger partial charge in [0.2, 0.25) is 5.91 Å². The van der Waals surface area contributed by atoms with Gasteiger partial charge in [-0.1, -0.05) is 36.2 Å². The zero-order chi connectivity index (χ0) is 16.5. The summed E-state index contributed by atoms with van der Waals surface area (Å²) in [7, 11) is 0. The van der Waals surface area contributed by atoms with E-state index in [0.717, 1.165) is 49.3 Å². The van der Waals surface area contributed by atoms with Crippen molar-refractivity contribution in [3.63, 3.8) is 0 Å². The highest BCUT2D eigenvalue weighted by Gasteiger charge is 2.40. The Hall–Kier alpha value is -1.06. The van der Waals surface area contributed by atoms with E-state index in [1.807, 2.05) is 18.2 Å². The van der Waals surface area contributed by atoms with Gasteiger partial charge in [-0.05, 0) is 68.7 Å². The summed E-state index contributed by atoms with van der Waals surface area (Å²) < 4.78 is 0. The molecule has 0 spiro atoms. The van der Waals surface area contributed by atoms with E-state index in [-0.39, 0.29) is 5.92 Å². The van der Waals surface area contributed by atoms with Gasteiger partial charge < -0.3 is 5.32 Å². The van der Waals surface area contributed by atoms with Crippen molar-refractivity contribution in [2.24, 2.45) is 17.8 Å². The lowest BCUT2D eigenvalue weighted by molar-refractivity contribution is -0.127. The van der Waals surface area contributed by atoms with E-state index < -0.39 is 0 Å². The van der Waals surface area contributed by atoms with Crippen LogP contribution in [0.2, 0.25) is 5.02 Å². The van der Waals surface area contributed by atoms with Crippen LogP contribution in [0.5, 0.6) is 0 Å². The predicted molar refractivity (Wildman–Crippen MR) is 96.8 cm³/mol. The Bertz CT molecular complexity index is 597. The van der Waals surface area contributed by atoms with Crippen molar-refractivity contribution in [3.8, 4) is 0 Å². The number of hydrogen-bond donors (Lipinski definition) is 1. The van der Waals surface area contributed by atoms with Gasteiger partial charge in [-0.2, -0.15) is 0 Å². The normalized spacial score (nSPS) is 30.6. The second-order valence-corrected chi connectivity index (χ2v) is 8.34. The van der Waals surface area contributed by atoms with E-state index >= 15 is 0 Å². The number of carbonyl (C=O) groups excluding carboxylic acids is 1. The second-order valence-electron chi connectivity index (χ2n) is 7.93. The van der Waals surface area contributed by atoms with Gasteiger partial charge >= 0.3 is 0 Å². The molecule has 1 aromatic rings. The van der Waals surface area contributed by atoms with Crippen molar-refractivity contribution in [1.29, 1.82) is 0 Å². The van der Waals surface area contributed by atoms with Crippen molar-refractivity contribution in [3.05, 3.63) is 34.9 Å². The highest BCUT2D eigenvalue weighted by molar-refractivity contribution is 6.31. The summed E-state index contributed by atoms with van der Waals surface area (Å²) in [5.41, 5.74) is 1.18. The number of piperidine rings is 1. The molecule has 3 aliphatic rings. The number of hydrogen-bond acceptors (Lipinski definition) is 2. The van der Waals surface area contributed by atoms with Gasteiger partial charge in [-0.15, -0.1) is 0 Å². The van der Waals surface area contributed by atoms with Gasteiger partial charge in [0.05, 0.1) is 0 Å². The van der Waals surface area contributed by atoms with Crippen LogP contribution in [-0.4, -0.2) is 29.9 Å². The Morgan fingerprint density at radius 3 is 2.58 bits per heavy atom. The second kappa shape index (κ2) is 7.05. The molecule has 1 saturated heterocycles. The lowest BCUT2D eigenvalue weighted by Crippen LogP contribution is -2.45. The number of likely N-dealkylation sites (tertiary alicyclic amines) is 1. The van der Waals surface area contributed by atoms with Gasteiger partial charge in [-0.25, -0.2) is 0 Å². The van der Waals surface area contributed by atoms with Crippen LogP contribution in [0.1, 0.15) is 44.1 Å². The topological polar surface area (TPSA) is 32.3 Å². The van der Waals surface area contributed by atoms with Crippen LogP contribution in [0.3, 0.4) is 0 Å². The van der Waals surface area contributed by atoms with Crippen molar-refractivity contribution >= 4 is 17.5 Å². The highest BCUT2D eigenvalue weighted by Crippen LogP contribution is 2.44. The quantitative estimate of drug-likeness (QED) is 0.897. The molecule has 0 unspecified atom stereocenters. The average Bonchev–Trinajstić information content (AvgIpc) is 3.20. The molecule has 1 aliphatic heterocycles. The number of carbonyl (C=O) groups is 1. The Balaban J connectivity index is 1.25. The van der Waals surface area contributed by atoms with E-state index in [9.17, 15) is 4.79 Å². The third kappa shape index (κ3) is 3.48. The minimum absolute atomic E-state index is 0.201. The van der Waals surface area contributed by atoms with Crippen molar-refractivity contribution in [1.82, 2.24) is 10.2 Å². The minimum Gasteiger partial charge on any atom is -0.353 e. The van der Waals surface area contributed by atoms with Gasteiger partial charge in [0, 0.05) is 23.5 Å². The molecule has 2 saturated carbocycles. The minimum atomic E-state index is 0.201. The molecule has 2 bridgehead atoms. The lowest BCUT2D eigenvalue weighted by Gasteiger charge is -2.33. The Morgan fingerprint density at radius 2 is 1.92 bits per heavy atom. The summed E-state index contributed by atoms with van der Waals surface area (Å²) in [4.78, 5) is 15.0. The first-order valence-electron chi connectivity index (χ1n) is 9.45. The van der Waals surface area contributed by atoms with Crippen LogP contribution in [0.25, 0.3) is 0 Å². The molecule has 4 heteroatoms. The standard InChI is InChI=1S/C20H27ClN2O/c21-18-4-2-1-3-17(18)13-23-9-7-15(8-10-23)20(24)22-19-12-14-5-6-16(19)11-14/h1-4,14-16,19H,5-13H2,(H,22,24)/t14-,16-,19-/m1/s1. The van der Waals surface area contributed by atoms with Crippen molar-refractivity contribution < 1.29 is 4.79 Å². The fourth-order valence-corrected chi connectivity index (χ4v) is 5.14. The lowest BCUT2D eigenvalue weighted by atomic mass is 9.92. The fraction of sp³-hybridized carbons (Fsp3) is 0.650. The molecule has 3 nitrogen and oxygen atoms in total. The molecular weight excluding hydrogens is 320 g/mol. The molecule has 0 aromatic heterocycles. The maximum Gasteiger partial charge on any atom is 0.223 e. The van der Waals surface area contributed by atoms with Gasteiger partial charge in [0.1, 0.15) is 0 Å². The first-order valence-corrected chi connectivity index (χ1v) is 9.83. The molecule has 1 amide bonds. The van der Waals surface area contributed by atoms with Crippen molar-refractivity contribution in [2.45, 2.75) is 51.1 Å². The molecule has 130 valence electrons. The molecule has 0 radical (unpaired) electrons. The maximum absolute atomic E-state index is 12.6. The Morgan fingerprint density at radius 1 is 1.12 bits per heavy atom. The molecule has 4 rings (SSSR count). The summed E-state index contributed by atoms with van der Waals surface area (Å²) in [5.74, 6) is 2.16. The number of rotatable bonds is 4. The van der Waals surface area contributed by atoms with Gasteiger partial charge in [-0.3, -0.25) is 9.69 Å². The van der Waals surface area contributed by atoms with Crippen LogP contribution in [0, 0.1) is 17.8 Å². The van der Waals surface area contributed by atoms with Gasteiger partial charge in [0.15, 0.2) is 0 Å². The first-order chi connectivity index (χ1) is 11.7. The summed E-state index contributed by atoms with van der Waals surface area (Å²) in [6.07, 6.45) is 7.22. The summed E-state index contributed by atoms with van der Waals surface area (Å²) in [5, 5.41) is 4.22. The first kappa shape index (κ1) is 16.4. The van der Waals surface area contributed by atoms with E-state index in [4.69, 9.17) is 11.6 Å². The summed E-state index contributed by atoms with van der Waals surface area (Å²) in [6, 6.07) is 8.52. The smallest absolute Gasteiger partial charge is 0.223 e. The number of halogens is 1. The van der Waals surface area contributed by atoms with E-state index in [1.54, 1.807) is 0 Å². The molecule has 1 heterocycles. The highest BCUT2D eigenvalue weighted by atomic mass is 35.5. The number of nitrogens with zero attached hydrogens (tertiary/aromatic N) is 1. The average molecular weight is 347 g/mol. The summed E-state index contributed by atoms with van der Waals surface area (Å²) in [6.45, 7) is 2.86.